The monoisotopic (exact) mass is 434 g/mol. The zero-order valence-electron chi connectivity index (χ0n) is 18.1. The van der Waals surface area contributed by atoms with Gasteiger partial charge < -0.3 is 10.6 Å². The number of aromatic nitrogens is 2. The fraction of sp³-hybridized carbons (Fsp3) is 0.565. The second kappa shape index (κ2) is 7.97. The molecule has 5 nitrogen and oxygen atoms in total. The van der Waals surface area contributed by atoms with Gasteiger partial charge in [0.15, 0.2) is 0 Å². The zero-order chi connectivity index (χ0) is 22.4. The molecule has 0 saturated heterocycles. The number of halogens is 3. The van der Waals surface area contributed by atoms with Crippen molar-refractivity contribution in [2.24, 2.45) is 0 Å². The Balaban J connectivity index is 1.44. The Morgan fingerprint density at radius 3 is 2.45 bits per heavy atom. The van der Waals surface area contributed by atoms with Crippen LogP contribution in [0, 0.1) is 0 Å². The molecule has 1 heterocycles. The molecule has 2 aliphatic carbocycles. The van der Waals surface area contributed by atoms with Gasteiger partial charge in [0.05, 0.1) is 11.2 Å². The maximum Gasteiger partial charge on any atom is 0.471 e. The summed E-state index contributed by atoms with van der Waals surface area (Å²) in [6.45, 7) is 6.42. The van der Waals surface area contributed by atoms with Gasteiger partial charge in [0.2, 0.25) is 0 Å². The van der Waals surface area contributed by atoms with Crippen LogP contribution in [0.2, 0.25) is 0 Å². The highest BCUT2D eigenvalue weighted by Gasteiger charge is 2.40. The Morgan fingerprint density at radius 2 is 1.84 bits per heavy atom. The first kappa shape index (κ1) is 21.9. The minimum absolute atomic E-state index is 0.0847. The van der Waals surface area contributed by atoms with E-state index in [1.54, 1.807) is 6.07 Å². The first-order valence-corrected chi connectivity index (χ1v) is 10.8. The van der Waals surface area contributed by atoms with Crippen LogP contribution in [0.1, 0.15) is 75.1 Å². The Hall–Kier alpha value is -2.35. The maximum atomic E-state index is 12.7. The van der Waals surface area contributed by atoms with Crippen LogP contribution in [0.25, 0.3) is 0 Å². The number of carbonyl (C=O) groups is 1. The summed E-state index contributed by atoms with van der Waals surface area (Å²) in [7, 11) is 0. The van der Waals surface area contributed by atoms with E-state index in [2.05, 4.69) is 34.7 Å². The number of rotatable bonds is 6. The van der Waals surface area contributed by atoms with Gasteiger partial charge in [0.1, 0.15) is 5.82 Å². The molecule has 0 atom stereocenters. The number of amides is 1. The Bertz CT molecular complexity index is 950. The molecule has 168 valence electrons. The first-order chi connectivity index (χ1) is 14.5. The predicted molar refractivity (Wildman–Crippen MR) is 113 cm³/mol. The van der Waals surface area contributed by atoms with Gasteiger partial charge in [-0.1, -0.05) is 24.3 Å². The van der Waals surface area contributed by atoms with E-state index in [9.17, 15) is 18.0 Å². The number of hydrogen-bond acceptors (Lipinski definition) is 3. The van der Waals surface area contributed by atoms with Crippen LogP contribution in [-0.4, -0.2) is 27.9 Å². The van der Waals surface area contributed by atoms with Crippen LogP contribution in [-0.2, 0) is 16.9 Å². The molecule has 1 amide bonds. The quantitative estimate of drug-likeness (QED) is 0.669. The van der Waals surface area contributed by atoms with Crippen molar-refractivity contribution in [2.45, 2.75) is 82.6 Å². The molecule has 0 radical (unpaired) electrons. The average Bonchev–Trinajstić information content (AvgIpc) is 3.37. The zero-order valence-corrected chi connectivity index (χ0v) is 18.1. The molecule has 0 bridgehead atoms. The highest BCUT2D eigenvalue weighted by molar-refractivity contribution is 5.94. The normalized spacial score (nSPS) is 21.6. The second-order valence-electron chi connectivity index (χ2n) is 9.75. The number of nitrogens with one attached hydrogen (secondary N) is 2. The number of carbonyl (C=O) groups excluding carboxylic acids is 1. The van der Waals surface area contributed by atoms with Gasteiger partial charge in [-0.2, -0.15) is 18.3 Å². The van der Waals surface area contributed by atoms with E-state index in [1.165, 1.54) is 28.7 Å². The minimum atomic E-state index is -4.94. The molecule has 1 aromatic heterocycles. The number of nitrogens with zero attached hydrogens (tertiary/aromatic N) is 2. The SMILES string of the molecule is CC(C)(C)n1nc(C2CC(c3cccc(CNC4CC4)c3)C2)cc1NC(=O)C(F)(F)F. The third-order valence-electron chi connectivity index (χ3n) is 6.01. The van der Waals surface area contributed by atoms with E-state index in [0.29, 0.717) is 12.0 Å². The smallest absolute Gasteiger partial charge is 0.310 e. The largest absolute Gasteiger partial charge is 0.471 e. The van der Waals surface area contributed by atoms with Crippen LogP contribution in [0.4, 0.5) is 19.0 Å². The van der Waals surface area contributed by atoms with Crippen LogP contribution in [0.15, 0.2) is 30.3 Å². The van der Waals surface area contributed by atoms with E-state index >= 15 is 0 Å². The van der Waals surface area contributed by atoms with Crippen LogP contribution in [0.3, 0.4) is 0 Å². The standard InChI is InChI=1S/C23H29F3N4O/c1-22(2,3)30-20(28-21(31)23(24,25)26)12-19(29-30)17-10-16(11-17)15-6-4-5-14(9-15)13-27-18-7-8-18/h4-6,9,12,16-18,27H,7-8,10-11,13H2,1-3H3,(H,28,31). The fourth-order valence-electron chi connectivity index (χ4n) is 4.02. The summed E-state index contributed by atoms with van der Waals surface area (Å²) in [6, 6.07) is 10.9. The van der Waals surface area contributed by atoms with Crippen LogP contribution in [0.5, 0.6) is 0 Å². The lowest BCUT2D eigenvalue weighted by Gasteiger charge is -2.35. The molecule has 2 N–H and O–H groups in total. The van der Waals surface area contributed by atoms with Crippen molar-refractivity contribution >= 4 is 11.7 Å². The average molecular weight is 435 g/mol. The molecular weight excluding hydrogens is 405 g/mol. The summed E-state index contributed by atoms with van der Waals surface area (Å²) in [4.78, 5) is 11.5. The molecular formula is C23H29F3N4O. The first-order valence-electron chi connectivity index (χ1n) is 10.8. The van der Waals surface area contributed by atoms with Crippen LogP contribution >= 0.6 is 0 Å². The molecule has 1 aromatic carbocycles. The minimum Gasteiger partial charge on any atom is -0.310 e. The third-order valence-corrected chi connectivity index (χ3v) is 6.01. The molecule has 0 unspecified atom stereocenters. The summed E-state index contributed by atoms with van der Waals surface area (Å²) in [6.07, 6.45) is -0.623. The molecule has 8 heteroatoms. The third kappa shape index (κ3) is 5.11. The molecule has 31 heavy (non-hydrogen) atoms. The number of anilines is 1. The van der Waals surface area contributed by atoms with E-state index in [0.717, 1.165) is 25.1 Å². The van der Waals surface area contributed by atoms with Gasteiger partial charge in [-0.15, -0.1) is 0 Å². The number of hydrogen-bond donors (Lipinski definition) is 2. The molecule has 0 spiro atoms. The van der Waals surface area contributed by atoms with Crippen molar-refractivity contribution in [3.8, 4) is 0 Å². The van der Waals surface area contributed by atoms with Crippen molar-refractivity contribution < 1.29 is 18.0 Å². The summed E-state index contributed by atoms with van der Waals surface area (Å²) in [5.74, 6) is -1.31. The van der Waals surface area contributed by atoms with Crippen molar-refractivity contribution in [3.05, 3.63) is 47.2 Å². The lowest BCUT2D eigenvalue weighted by Crippen LogP contribution is -2.33. The highest BCUT2D eigenvalue weighted by Crippen LogP contribution is 2.48. The van der Waals surface area contributed by atoms with Gasteiger partial charge in [0, 0.05) is 24.6 Å². The summed E-state index contributed by atoms with van der Waals surface area (Å²) in [5, 5.41) is 10.1. The van der Waals surface area contributed by atoms with Crippen molar-refractivity contribution in [1.29, 1.82) is 0 Å². The molecule has 2 aromatic rings. The number of benzene rings is 1. The van der Waals surface area contributed by atoms with E-state index in [-0.39, 0.29) is 11.7 Å². The topological polar surface area (TPSA) is 59.0 Å². The van der Waals surface area contributed by atoms with E-state index in [1.807, 2.05) is 26.1 Å². The Labute approximate surface area is 180 Å². The van der Waals surface area contributed by atoms with Gasteiger partial charge in [-0.25, -0.2) is 4.68 Å². The Kier molecular flexibility index (Phi) is 5.62. The molecule has 2 saturated carbocycles. The predicted octanol–water partition coefficient (Wildman–Crippen LogP) is 5.05. The molecule has 0 aliphatic heterocycles. The lowest BCUT2D eigenvalue weighted by molar-refractivity contribution is -0.167. The summed E-state index contributed by atoms with van der Waals surface area (Å²) in [5.41, 5.74) is 2.75. The second-order valence-corrected chi connectivity index (χ2v) is 9.75. The summed E-state index contributed by atoms with van der Waals surface area (Å²) >= 11 is 0. The molecule has 2 fully saturated rings. The van der Waals surface area contributed by atoms with Crippen molar-refractivity contribution in [3.63, 3.8) is 0 Å². The summed E-state index contributed by atoms with van der Waals surface area (Å²) < 4.78 is 39.7. The van der Waals surface area contributed by atoms with Crippen molar-refractivity contribution in [1.82, 2.24) is 15.1 Å². The van der Waals surface area contributed by atoms with Gasteiger partial charge in [-0.3, -0.25) is 4.79 Å². The van der Waals surface area contributed by atoms with Gasteiger partial charge in [0.25, 0.3) is 0 Å². The highest BCUT2D eigenvalue weighted by atomic mass is 19.4. The fourth-order valence-corrected chi connectivity index (χ4v) is 4.02. The maximum absolute atomic E-state index is 12.7. The van der Waals surface area contributed by atoms with E-state index in [4.69, 9.17) is 0 Å². The molecule has 2 aliphatic rings. The van der Waals surface area contributed by atoms with E-state index < -0.39 is 17.6 Å². The van der Waals surface area contributed by atoms with Gasteiger partial charge in [-0.05, 0) is 63.5 Å². The van der Waals surface area contributed by atoms with Gasteiger partial charge >= 0.3 is 12.1 Å². The Morgan fingerprint density at radius 1 is 1.13 bits per heavy atom. The van der Waals surface area contributed by atoms with Crippen LogP contribution < -0.4 is 10.6 Å². The lowest BCUT2D eigenvalue weighted by atomic mass is 9.70. The number of alkyl halides is 3. The molecule has 4 rings (SSSR count). The van der Waals surface area contributed by atoms with Crippen molar-refractivity contribution in [2.75, 3.05) is 5.32 Å².